The van der Waals surface area contributed by atoms with E-state index in [0.29, 0.717) is 18.4 Å². The molecular weight excluding hydrogens is 422 g/mol. The second kappa shape index (κ2) is 7.14. The molecule has 4 aliphatic rings. The van der Waals surface area contributed by atoms with E-state index < -0.39 is 47.0 Å². The third kappa shape index (κ3) is 3.00. The van der Waals surface area contributed by atoms with Crippen molar-refractivity contribution in [3.05, 3.63) is 34.9 Å². The van der Waals surface area contributed by atoms with Crippen LogP contribution in [0.2, 0.25) is 0 Å². The first-order valence-electron chi connectivity index (χ1n) is 10.8. The Hall–Kier alpha value is -2.72. The summed E-state index contributed by atoms with van der Waals surface area (Å²) in [5.74, 6) is -6.07. The van der Waals surface area contributed by atoms with Crippen LogP contribution in [0.25, 0.3) is 0 Å². The molecule has 8 nitrogen and oxygen atoms in total. The summed E-state index contributed by atoms with van der Waals surface area (Å²) in [4.78, 5) is 52.7. The molecule has 0 radical (unpaired) electrons. The lowest BCUT2D eigenvalue weighted by molar-refractivity contribution is -0.185. The number of piperidine rings is 2. The highest BCUT2D eigenvalue weighted by Crippen LogP contribution is 2.48. The van der Waals surface area contributed by atoms with E-state index in [1.54, 1.807) is 12.1 Å². The number of benzene rings is 1. The molecule has 2 bridgehead atoms. The molecule has 2 saturated heterocycles. The van der Waals surface area contributed by atoms with Gasteiger partial charge in [0.25, 0.3) is 17.7 Å². The fourth-order valence-electron chi connectivity index (χ4n) is 5.66. The molecular formula is C22H24F2N4O4. The Morgan fingerprint density at radius 2 is 1.91 bits per heavy atom. The summed E-state index contributed by atoms with van der Waals surface area (Å²) in [5.41, 5.74) is 5.45. The van der Waals surface area contributed by atoms with E-state index in [2.05, 4.69) is 5.32 Å². The number of nitrogens with one attached hydrogen (secondary N) is 1. The maximum absolute atomic E-state index is 14.7. The molecule has 32 heavy (non-hydrogen) atoms. The quantitative estimate of drug-likeness (QED) is 0.671. The van der Waals surface area contributed by atoms with Gasteiger partial charge in [-0.1, -0.05) is 18.6 Å². The van der Waals surface area contributed by atoms with Crippen LogP contribution in [0.3, 0.4) is 0 Å². The normalized spacial score (nSPS) is 32.2. The largest absolute Gasteiger partial charge is 0.319 e. The molecule has 4 amide bonds. The molecule has 1 saturated carbocycles. The van der Waals surface area contributed by atoms with Crippen LogP contribution in [0.15, 0.2) is 18.2 Å². The van der Waals surface area contributed by atoms with Crippen LogP contribution in [0, 0.1) is 5.92 Å². The predicted octanol–water partition coefficient (Wildman–Crippen LogP) is 1.04. The number of hydrogen-bond donors (Lipinski definition) is 2. The minimum absolute atomic E-state index is 0.000832. The van der Waals surface area contributed by atoms with Gasteiger partial charge in [-0.3, -0.25) is 34.3 Å². The Morgan fingerprint density at radius 1 is 1.12 bits per heavy atom. The summed E-state index contributed by atoms with van der Waals surface area (Å²) in [6.45, 7) is 0.366. The van der Waals surface area contributed by atoms with Gasteiger partial charge in [-0.15, -0.1) is 0 Å². The van der Waals surface area contributed by atoms with Gasteiger partial charge in [-0.25, -0.2) is 8.78 Å². The van der Waals surface area contributed by atoms with E-state index in [9.17, 15) is 28.0 Å². The monoisotopic (exact) mass is 446 g/mol. The lowest BCUT2D eigenvalue weighted by Gasteiger charge is -2.53. The van der Waals surface area contributed by atoms with Crippen LogP contribution in [-0.2, 0) is 16.1 Å². The van der Waals surface area contributed by atoms with Crippen molar-refractivity contribution in [1.82, 2.24) is 15.1 Å². The highest BCUT2D eigenvalue weighted by atomic mass is 19.3. The average Bonchev–Trinajstić information content (AvgIpc) is 2.96. The molecule has 0 aromatic heterocycles. The fraction of sp³-hybridized carbons (Fsp3) is 0.545. The topological polar surface area (TPSA) is 113 Å². The Labute approximate surface area is 183 Å². The van der Waals surface area contributed by atoms with Gasteiger partial charge in [0.05, 0.1) is 16.7 Å². The number of rotatable bonds is 3. The van der Waals surface area contributed by atoms with Crippen LogP contribution >= 0.6 is 0 Å². The van der Waals surface area contributed by atoms with E-state index in [0.717, 1.165) is 4.90 Å². The van der Waals surface area contributed by atoms with E-state index in [1.165, 1.54) is 6.07 Å². The van der Waals surface area contributed by atoms with Crippen molar-refractivity contribution >= 4 is 23.6 Å². The zero-order valence-corrected chi connectivity index (χ0v) is 17.4. The average molecular weight is 446 g/mol. The Bertz CT molecular complexity index is 1040. The first kappa shape index (κ1) is 21.1. The van der Waals surface area contributed by atoms with Crippen molar-refractivity contribution in [2.24, 2.45) is 11.7 Å². The van der Waals surface area contributed by atoms with Gasteiger partial charge in [0.1, 0.15) is 6.04 Å². The highest BCUT2D eigenvalue weighted by molar-refractivity contribution is 6.24. The van der Waals surface area contributed by atoms with Crippen molar-refractivity contribution in [1.29, 1.82) is 0 Å². The zero-order chi connectivity index (χ0) is 22.8. The van der Waals surface area contributed by atoms with Gasteiger partial charge in [-0.05, 0) is 30.9 Å². The van der Waals surface area contributed by atoms with Gasteiger partial charge in [-0.2, -0.15) is 0 Å². The SMILES string of the molecule is NC12CCCC(CN(Cc3cccc4c3C(=O)N(C3CCC(=O)NC3=O)C4=O)C1)C2(F)F. The molecule has 3 N–H and O–H groups in total. The standard InChI is InChI=1S/C22H24F2N4O4/c23-22(24)13-4-2-8-21(22,25)11-27(10-13)9-12-3-1-5-14-17(12)20(32)28(19(14)31)15-6-7-16(29)26-18(15)30/h1,3,5,13,15H,2,4,6-11,25H2,(H,26,29,30). The number of amides is 4. The number of carbonyl (C=O) groups excluding carboxylic acids is 4. The maximum Gasteiger partial charge on any atom is 0.270 e. The van der Waals surface area contributed by atoms with E-state index >= 15 is 0 Å². The third-order valence-electron chi connectivity index (χ3n) is 7.28. The summed E-state index contributed by atoms with van der Waals surface area (Å²) >= 11 is 0. The molecule has 10 heteroatoms. The molecule has 0 spiro atoms. The minimum Gasteiger partial charge on any atom is -0.319 e. The Kier molecular flexibility index (Phi) is 4.72. The number of likely N-dealkylation sites (tertiary alicyclic amines) is 1. The first-order chi connectivity index (χ1) is 15.1. The van der Waals surface area contributed by atoms with Gasteiger partial charge >= 0.3 is 0 Å². The first-order valence-corrected chi connectivity index (χ1v) is 10.8. The molecule has 3 unspecified atom stereocenters. The number of nitrogens with two attached hydrogens (primary N) is 1. The summed E-state index contributed by atoms with van der Waals surface area (Å²) < 4.78 is 29.5. The van der Waals surface area contributed by atoms with Crippen molar-refractivity contribution in [3.8, 4) is 0 Å². The molecule has 1 aliphatic carbocycles. The fourth-order valence-corrected chi connectivity index (χ4v) is 5.66. The van der Waals surface area contributed by atoms with Crippen LogP contribution in [0.5, 0.6) is 0 Å². The van der Waals surface area contributed by atoms with E-state index in [1.807, 2.05) is 4.90 Å². The van der Waals surface area contributed by atoms with Crippen molar-refractivity contribution < 1.29 is 28.0 Å². The lowest BCUT2D eigenvalue weighted by Crippen LogP contribution is -2.71. The molecule has 1 aromatic rings. The number of nitrogens with zero attached hydrogens (tertiary/aromatic N) is 2. The molecule has 3 atom stereocenters. The van der Waals surface area contributed by atoms with Gasteiger partial charge in [0.15, 0.2) is 0 Å². The summed E-state index contributed by atoms with van der Waals surface area (Å²) in [5, 5.41) is 2.17. The number of imide groups is 2. The molecule has 170 valence electrons. The van der Waals surface area contributed by atoms with Gasteiger partial charge in [0, 0.05) is 32.0 Å². The maximum atomic E-state index is 14.7. The van der Waals surface area contributed by atoms with E-state index in [4.69, 9.17) is 5.73 Å². The third-order valence-corrected chi connectivity index (χ3v) is 7.28. The number of halogens is 2. The lowest BCUT2D eigenvalue weighted by atomic mass is 9.69. The summed E-state index contributed by atoms with van der Waals surface area (Å²) in [7, 11) is 0. The van der Waals surface area contributed by atoms with Crippen LogP contribution in [0.4, 0.5) is 8.78 Å². The summed E-state index contributed by atoms with van der Waals surface area (Å²) in [6, 6.07) is 3.82. The smallest absolute Gasteiger partial charge is 0.270 e. The predicted molar refractivity (Wildman–Crippen MR) is 108 cm³/mol. The minimum atomic E-state index is -2.94. The Morgan fingerprint density at radius 3 is 2.62 bits per heavy atom. The second-order valence-electron chi connectivity index (χ2n) is 9.32. The highest BCUT2D eigenvalue weighted by Gasteiger charge is 2.61. The number of carbonyl (C=O) groups is 4. The summed E-state index contributed by atoms with van der Waals surface area (Å²) in [6.07, 6.45) is 1.42. The van der Waals surface area contributed by atoms with Gasteiger partial charge in [0.2, 0.25) is 11.8 Å². The van der Waals surface area contributed by atoms with Crippen molar-refractivity contribution in [2.75, 3.05) is 13.1 Å². The molecule has 5 rings (SSSR count). The second-order valence-corrected chi connectivity index (χ2v) is 9.32. The van der Waals surface area contributed by atoms with Gasteiger partial charge < -0.3 is 5.73 Å². The molecule has 3 aliphatic heterocycles. The molecule has 3 heterocycles. The van der Waals surface area contributed by atoms with Crippen LogP contribution < -0.4 is 11.1 Å². The van der Waals surface area contributed by atoms with Crippen LogP contribution in [-0.4, -0.2) is 64.0 Å². The number of alkyl halides is 2. The Balaban J connectivity index is 1.42. The zero-order valence-electron chi connectivity index (χ0n) is 17.4. The number of hydrogen-bond acceptors (Lipinski definition) is 6. The van der Waals surface area contributed by atoms with Crippen molar-refractivity contribution in [2.45, 2.75) is 56.2 Å². The van der Waals surface area contributed by atoms with E-state index in [-0.39, 0.29) is 50.0 Å². The molecule has 3 fully saturated rings. The number of fused-ring (bicyclic) bond motifs is 3. The van der Waals surface area contributed by atoms with Crippen LogP contribution in [0.1, 0.15) is 58.4 Å². The van der Waals surface area contributed by atoms with Crippen molar-refractivity contribution in [3.63, 3.8) is 0 Å². The molecule has 1 aromatic carbocycles.